The van der Waals surface area contributed by atoms with Crippen LogP contribution in [0.3, 0.4) is 0 Å². The van der Waals surface area contributed by atoms with Gasteiger partial charge in [-0.3, -0.25) is 10.2 Å². The molecule has 2 heterocycles. The first-order chi connectivity index (χ1) is 7.25. The molecular formula is C10H15N3O2. The van der Waals surface area contributed by atoms with Gasteiger partial charge in [0.15, 0.2) is 0 Å². The highest BCUT2D eigenvalue weighted by Crippen LogP contribution is 2.08. The van der Waals surface area contributed by atoms with Gasteiger partial charge in [-0.1, -0.05) is 0 Å². The summed E-state index contributed by atoms with van der Waals surface area (Å²) in [6, 6.07) is 1.73. The molecule has 82 valence electrons. The number of amides is 1. The Kier molecular flexibility index (Phi) is 3.03. The lowest BCUT2D eigenvalue weighted by Gasteiger charge is -2.29. The normalized spacial score (nSPS) is 19.0. The number of H-pyrrole nitrogens is 1. The van der Waals surface area contributed by atoms with Crippen LogP contribution in [0.2, 0.25) is 0 Å². The number of carbonyl (C=O) groups is 1. The Morgan fingerprint density at radius 2 is 2.27 bits per heavy atom. The van der Waals surface area contributed by atoms with Crippen LogP contribution in [-0.4, -0.2) is 40.2 Å². The van der Waals surface area contributed by atoms with Gasteiger partial charge < -0.3 is 10.1 Å². The summed E-state index contributed by atoms with van der Waals surface area (Å²) < 4.78 is 0. The summed E-state index contributed by atoms with van der Waals surface area (Å²) >= 11 is 0. The monoisotopic (exact) mass is 209 g/mol. The minimum absolute atomic E-state index is 0.104. The molecule has 1 aliphatic heterocycles. The molecule has 15 heavy (non-hydrogen) atoms. The van der Waals surface area contributed by atoms with Gasteiger partial charge in [-0.05, 0) is 18.9 Å². The van der Waals surface area contributed by atoms with Crippen molar-refractivity contribution >= 4 is 5.91 Å². The van der Waals surface area contributed by atoms with Crippen molar-refractivity contribution in [1.82, 2.24) is 15.4 Å². The molecule has 1 saturated heterocycles. The molecule has 1 aliphatic rings. The summed E-state index contributed by atoms with van der Waals surface area (Å²) in [7, 11) is 0. The lowest BCUT2D eigenvalue weighted by atomic mass is 10.1. The van der Waals surface area contributed by atoms with Crippen molar-refractivity contribution in [2.24, 2.45) is 0 Å². The third-order valence-corrected chi connectivity index (χ3v) is 2.58. The topological polar surface area (TPSA) is 68.4 Å². The Hall–Kier alpha value is -1.33. The van der Waals surface area contributed by atoms with Crippen LogP contribution in [0, 0.1) is 0 Å². The second-order valence-electron chi connectivity index (χ2n) is 3.76. The molecular weight excluding hydrogens is 194 g/mol. The number of hydrazine groups is 1. The second-order valence-corrected chi connectivity index (χ2v) is 3.76. The Bertz CT molecular complexity index is 315. The first-order valence-electron chi connectivity index (χ1n) is 5.12. The van der Waals surface area contributed by atoms with Crippen molar-refractivity contribution in [3.05, 3.63) is 24.0 Å². The SMILES string of the molecule is O=C(NN1CCC(O)CC1)c1cc[nH]c1. The Balaban J connectivity index is 1.85. The van der Waals surface area contributed by atoms with E-state index < -0.39 is 0 Å². The number of aliphatic hydroxyl groups is 1. The molecule has 5 heteroatoms. The zero-order chi connectivity index (χ0) is 10.7. The van der Waals surface area contributed by atoms with Gasteiger partial charge >= 0.3 is 0 Å². The predicted molar refractivity (Wildman–Crippen MR) is 55.1 cm³/mol. The molecule has 2 rings (SSSR count). The van der Waals surface area contributed by atoms with E-state index in [9.17, 15) is 9.90 Å². The lowest BCUT2D eigenvalue weighted by Crippen LogP contribution is -2.47. The van der Waals surface area contributed by atoms with Crippen molar-refractivity contribution in [1.29, 1.82) is 0 Å². The standard InChI is InChI=1S/C10H15N3O2/c14-9-2-5-13(6-3-9)12-10(15)8-1-4-11-7-8/h1,4,7,9,11,14H,2-3,5-6H2,(H,12,15). The Labute approximate surface area is 88.1 Å². The summed E-state index contributed by atoms with van der Waals surface area (Å²) in [6.07, 6.45) is 4.59. The van der Waals surface area contributed by atoms with E-state index in [1.807, 2.05) is 5.01 Å². The number of aliphatic hydroxyl groups excluding tert-OH is 1. The highest BCUT2D eigenvalue weighted by atomic mass is 16.3. The van der Waals surface area contributed by atoms with E-state index in [2.05, 4.69) is 10.4 Å². The predicted octanol–water partition coefficient (Wildman–Crippen LogP) is 0.116. The number of nitrogens with one attached hydrogen (secondary N) is 2. The van der Waals surface area contributed by atoms with Crippen molar-refractivity contribution < 1.29 is 9.90 Å². The van der Waals surface area contributed by atoms with E-state index in [4.69, 9.17) is 0 Å². The van der Waals surface area contributed by atoms with Crippen molar-refractivity contribution in [2.45, 2.75) is 18.9 Å². The third kappa shape index (κ3) is 2.57. The van der Waals surface area contributed by atoms with Gasteiger partial charge in [-0.2, -0.15) is 0 Å². The van der Waals surface area contributed by atoms with Crippen LogP contribution < -0.4 is 5.43 Å². The van der Waals surface area contributed by atoms with Crippen LogP contribution in [0.25, 0.3) is 0 Å². The fourth-order valence-corrected chi connectivity index (χ4v) is 1.65. The zero-order valence-electron chi connectivity index (χ0n) is 8.44. The van der Waals surface area contributed by atoms with E-state index >= 15 is 0 Å². The van der Waals surface area contributed by atoms with E-state index in [1.54, 1.807) is 18.5 Å². The average molecular weight is 209 g/mol. The molecule has 0 bridgehead atoms. The molecule has 5 nitrogen and oxygen atoms in total. The van der Waals surface area contributed by atoms with Gasteiger partial charge in [0.25, 0.3) is 5.91 Å². The Morgan fingerprint density at radius 1 is 1.53 bits per heavy atom. The quantitative estimate of drug-likeness (QED) is 0.648. The number of hydrogen-bond donors (Lipinski definition) is 3. The number of nitrogens with zero attached hydrogens (tertiary/aromatic N) is 1. The fourth-order valence-electron chi connectivity index (χ4n) is 1.65. The van der Waals surface area contributed by atoms with Crippen LogP contribution in [0.5, 0.6) is 0 Å². The number of carbonyl (C=O) groups excluding carboxylic acids is 1. The van der Waals surface area contributed by atoms with Crippen molar-refractivity contribution in [2.75, 3.05) is 13.1 Å². The maximum absolute atomic E-state index is 11.6. The zero-order valence-corrected chi connectivity index (χ0v) is 8.44. The van der Waals surface area contributed by atoms with Gasteiger partial charge in [0.1, 0.15) is 0 Å². The van der Waals surface area contributed by atoms with E-state index in [0.717, 1.165) is 0 Å². The van der Waals surface area contributed by atoms with E-state index in [0.29, 0.717) is 31.5 Å². The second kappa shape index (κ2) is 4.46. The molecule has 0 spiro atoms. The highest BCUT2D eigenvalue weighted by Gasteiger charge is 2.18. The molecule has 1 fully saturated rings. The first-order valence-corrected chi connectivity index (χ1v) is 5.12. The van der Waals surface area contributed by atoms with Crippen LogP contribution >= 0.6 is 0 Å². The van der Waals surface area contributed by atoms with Gasteiger partial charge in [-0.25, -0.2) is 5.01 Å². The van der Waals surface area contributed by atoms with Gasteiger partial charge in [0, 0.05) is 25.5 Å². The van der Waals surface area contributed by atoms with Crippen LogP contribution in [0.1, 0.15) is 23.2 Å². The molecule has 0 aliphatic carbocycles. The van der Waals surface area contributed by atoms with Crippen molar-refractivity contribution in [3.63, 3.8) is 0 Å². The smallest absolute Gasteiger partial charge is 0.267 e. The minimum atomic E-state index is -0.217. The van der Waals surface area contributed by atoms with Gasteiger partial charge in [0.05, 0.1) is 11.7 Å². The van der Waals surface area contributed by atoms with Gasteiger partial charge in [0.2, 0.25) is 0 Å². The highest BCUT2D eigenvalue weighted by molar-refractivity contribution is 5.93. The molecule has 0 atom stereocenters. The number of aromatic nitrogens is 1. The van der Waals surface area contributed by atoms with Crippen LogP contribution in [-0.2, 0) is 0 Å². The van der Waals surface area contributed by atoms with E-state index in [1.165, 1.54) is 0 Å². The summed E-state index contributed by atoms with van der Waals surface area (Å²) in [5.41, 5.74) is 3.43. The number of rotatable bonds is 2. The maximum atomic E-state index is 11.6. The summed E-state index contributed by atoms with van der Waals surface area (Å²) in [5.74, 6) is -0.104. The van der Waals surface area contributed by atoms with Crippen LogP contribution in [0.15, 0.2) is 18.5 Å². The molecule has 0 radical (unpaired) electrons. The minimum Gasteiger partial charge on any atom is -0.393 e. The first kappa shape index (κ1) is 10.2. The summed E-state index contributed by atoms with van der Waals surface area (Å²) in [5, 5.41) is 11.1. The average Bonchev–Trinajstić information content (AvgIpc) is 2.74. The number of piperidine rings is 1. The van der Waals surface area contributed by atoms with Crippen molar-refractivity contribution in [3.8, 4) is 0 Å². The number of hydrogen-bond acceptors (Lipinski definition) is 3. The van der Waals surface area contributed by atoms with Crippen LogP contribution in [0.4, 0.5) is 0 Å². The molecule has 1 amide bonds. The number of aromatic amines is 1. The maximum Gasteiger partial charge on any atom is 0.267 e. The molecule has 0 aromatic carbocycles. The molecule has 0 saturated carbocycles. The Morgan fingerprint density at radius 3 is 2.87 bits per heavy atom. The van der Waals surface area contributed by atoms with Gasteiger partial charge in [-0.15, -0.1) is 0 Å². The fraction of sp³-hybridized carbons (Fsp3) is 0.500. The molecule has 1 aromatic heterocycles. The molecule has 0 unspecified atom stereocenters. The van der Waals surface area contributed by atoms with E-state index in [-0.39, 0.29) is 12.0 Å². The summed E-state index contributed by atoms with van der Waals surface area (Å²) in [6.45, 7) is 1.41. The third-order valence-electron chi connectivity index (χ3n) is 2.58. The largest absolute Gasteiger partial charge is 0.393 e. The molecule has 1 aromatic rings. The lowest BCUT2D eigenvalue weighted by molar-refractivity contribution is 0.0467. The molecule has 3 N–H and O–H groups in total. The summed E-state index contributed by atoms with van der Waals surface area (Å²) in [4.78, 5) is 14.5.